The molecule has 0 aliphatic rings. The van der Waals surface area contributed by atoms with E-state index in [0.29, 0.717) is 12.2 Å². The number of ketones is 1. The van der Waals surface area contributed by atoms with Crippen LogP contribution in [0.25, 0.3) is 12.2 Å². The highest BCUT2D eigenvalue weighted by molar-refractivity contribution is 6.07. The third kappa shape index (κ3) is 8.17. The van der Waals surface area contributed by atoms with Gasteiger partial charge in [-0.3, -0.25) is 9.59 Å². The maximum absolute atomic E-state index is 12.8. The van der Waals surface area contributed by atoms with Crippen molar-refractivity contribution < 1.29 is 14.3 Å². The van der Waals surface area contributed by atoms with Crippen LogP contribution in [0.1, 0.15) is 45.6 Å². The fourth-order valence-electron chi connectivity index (χ4n) is 3.97. The highest BCUT2D eigenvalue weighted by Crippen LogP contribution is 2.15. The molecule has 4 aromatic carbocycles. The van der Waals surface area contributed by atoms with E-state index in [4.69, 9.17) is 4.74 Å². The molecule has 0 saturated heterocycles. The van der Waals surface area contributed by atoms with Crippen molar-refractivity contribution in [3.05, 3.63) is 149 Å². The molecule has 190 valence electrons. The van der Waals surface area contributed by atoms with Gasteiger partial charge in [0.25, 0.3) is 0 Å². The Morgan fingerprint density at radius 1 is 0.789 bits per heavy atom. The first kappa shape index (κ1) is 26.4. The van der Waals surface area contributed by atoms with Crippen LogP contribution in [0.2, 0.25) is 0 Å². The minimum absolute atomic E-state index is 0.0839. The molecular formula is C34H31NO3. The van der Waals surface area contributed by atoms with Crippen LogP contribution in [0.3, 0.4) is 0 Å². The lowest BCUT2D eigenvalue weighted by atomic mass is 10.0. The predicted octanol–water partition coefficient (Wildman–Crippen LogP) is 7.09. The second-order valence-electron chi connectivity index (χ2n) is 8.97. The van der Waals surface area contributed by atoms with Crippen molar-refractivity contribution in [2.24, 2.45) is 0 Å². The van der Waals surface area contributed by atoms with Gasteiger partial charge in [-0.1, -0.05) is 103 Å². The van der Waals surface area contributed by atoms with Crippen molar-refractivity contribution in [1.29, 1.82) is 0 Å². The highest BCUT2D eigenvalue weighted by atomic mass is 16.5. The van der Waals surface area contributed by atoms with Gasteiger partial charge in [-0.05, 0) is 59.5 Å². The standard InChI is InChI=1S/C34H31NO3/c1-26(30-14-6-3-7-15-30)35-34(37)25-29-12-8-16-31(24-29)33(36)22-19-28-17-20-32(21-18-28)38-23-9-13-27-10-4-2-5-11-27/h2-22,24,26H,23,25H2,1H3,(H,35,37). The minimum atomic E-state index is -0.115. The lowest BCUT2D eigenvalue weighted by Crippen LogP contribution is -2.28. The number of hydrogen-bond donors (Lipinski definition) is 1. The number of allylic oxidation sites excluding steroid dienone is 1. The van der Waals surface area contributed by atoms with Gasteiger partial charge in [-0.2, -0.15) is 0 Å². The summed E-state index contributed by atoms with van der Waals surface area (Å²) in [5.74, 6) is 0.564. The summed E-state index contributed by atoms with van der Waals surface area (Å²) < 4.78 is 5.76. The molecule has 1 N–H and O–H groups in total. The number of amides is 1. The molecule has 0 radical (unpaired) electrons. The zero-order chi connectivity index (χ0) is 26.6. The predicted molar refractivity (Wildman–Crippen MR) is 154 cm³/mol. The van der Waals surface area contributed by atoms with Gasteiger partial charge in [0.05, 0.1) is 12.5 Å². The van der Waals surface area contributed by atoms with E-state index < -0.39 is 0 Å². The molecule has 0 aliphatic heterocycles. The zero-order valence-corrected chi connectivity index (χ0v) is 21.4. The number of nitrogens with one attached hydrogen (secondary N) is 1. The molecule has 4 rings (SSSR count). The van der Waals surface area contributed by atoms with Crippen molar-refractivity contribution in [3.8, 4) is 5.75 Å². The molecule has 0 heterocycles. The minimum Gasteiger partial charge on any atom is -0.490 e. The van der Waals surface area contributed by atoms with Gasteiger partial charge in [-0.25, -0.2) is 0 Å². The van der Waals surface area contributed by atoms with E-state index in [9.17, 15) is 9.59 Å². The van der Waals surface area contributed by atoms with Crippen LogP contribution in [0.4, 0.5) is 0 Å². The van der Waals surface area contributed by atoms with Gasteiger partial charge in [-0.15, -0.1) is 0 Å². The molecule has 1 amide bonds. The number of benzene rings is 4. The molecule has 0 saturated carbocycles. The van der Waals surface area contributed by atoms with Crippen LogP contribution in [-0.4, -0.2) is 18.3 Å². The number of ether oxygens (including phenoxy) is 1. The van der Waals surface area contributed by atoms with E-state index in [1.54, 1.807) is 24.3 Å². The maximum Gasteiger partial charge on any atom is 0.224 e. The lowest BCUT2D eigenvalue weighted by Gasteiger charge is -2.14. The Bertz CT molecular complexity index is 1390. The van der Waals surface area contributed by atoms with Crippen LogP contribution in [0.5, 0.6) is 5.75 Å². The smallest absolute Gasteiger partial charge is 0.224 e. The van der Waals surface area contributed by atoms with Gasteiger partial charge in [0.1, 0.15) is 12.4 Å². The van der Waals surface area contributed by atoms with Crippen molar-refractivity contribution in [3.63, 3.8) is 0 Å². The number of carbonyl (C=O) groups is 2. The molecule has 1 atom stereocenters. The van der Waals surface area contributed by atoms with Crippen molar-refractivity contribution in [2.75, 3.05) is 6.61 Å². The molecule has 0 spiro atoms. The van der Waals surface area contributed by atoms with Gasteiger partial charge >= 0.3 is 0 Å². The van der Waals surface area contributed by atoms with E-state index >= 15 is 0 Å². The Balaban J connectivity index is 1.27. The maximum atomic E-state index is 12.8. The summed E-state index contributed by atoms with van der Waals surface area (Å²) in [6.45, 7) is 2.43. The summed E-state index contributed by atoms with van der Waals surface area (Å²) in [5.41, 5.74) is 4.43. The fraction of sp³-hybridized carbons (Fsp3) is 0.118. The Kier molecular flexibility index (Phi) is 9.41. The molecule has 0 bridgehead atoms. The molecule has 0 aliphatic carbocycles. The second-order valence-corrected chi connectivity index (χ2v) is 8.97. The van der Waals surface area contributed by atoms with Crippen molar-refractivity contribution in [1.82, 2.24) is 5.32 Å². The SMILES string of the molecule is CC(NC(=O)Cc1cccc(C(=O)C=Cc2ccc(OCC=Cc3ccccc3)cc2)c1)c1ccccc1. The zero-order valence-electron chi connectivity index (χ0n) is 21.4. The van der Waals surface area contributed by atoms with E-state index in [1.807, 2.05) is 116 Å². The quantitative estimate of drug-likeness (QED) is 0.176. The van der Waals surface area contributed by atoms with Crippen LogP contribution in [0, 0.1) is 0 Å². The van der Waals surface area contributed by atoms with E-state index in [2.05, 4.69) is 5.32 Å². The first-order valence-corrected chi connectivity index (χ1v) is 12.7. The van der Waals surface area contributed by atoms with Crippen LogP contribution < -0.4 is 10.1 Å². The highest BCUT2D eigenvalue weighted by Gasteiger charge is 2.11. The van der Waals surface area contributed by atoms with Gasteiger partial charge in [0.15, 0.2) is 5.78 Å². The summed E-state index contributed by atoms with van der Waals surface area (Å²) >= 11 is 0. The normalized spacial score (nSPS) is 11.9. The van der Waals surface area contributed by atoms with E-state index in [-0.39, 0.29) is 24.2 Å². The summed E-state index contributed by atoms with van der Waals surface area (Å²) in [6, 6.07) is 34.6. The van der Waals surface area contributed by atoms with Crippen molar-refractivity contribution >= 4 is 23.8 Å². The monoisotopic (exact) mass is 501 g/mol. The topological polar surface area (TPSA) is 55.4 Å². The first-order valence-electron chi connectivity index (χ1n) is 12.7. The number of rotatable bonds is 11. The molecule has 4 aromatic rings. The largest absolute Gasteiger partial charge is 0.490 e. The number of carbonyl (C=O) groups excluding carboxylic acids is 2. The average molecular weight is 502 g/mol. The summed E-state index contributed by atoms with van der Waals surface area (Å²) in [4.78, 5) is 25.3. The molecule has 0 aromatic heterocycles. The van der Waals surface area contributed by atoms with Gasteiger partial charge < -0.3 is 10.1 Å². The van der Waals surface area contributed by atoms with E-state index in [0.717, 1.165) is 28.0 Å². The van der Waals surface area contributed by atoms with Crippen LogP contribution in [0.15, 0.2) is 121 Å². The van der Waals surface area contributed by atoms with Gasteiger partial charge in [0, 0.05) is 5.56 Å². The first-order chi connectivity index (χ1) is 18.6. The van der Waals surface area contributed by atoms with Gasteiger partial charge in [0.2, 0.25) is 5.91 Å². The lowest BCUT2D eigenvalue weighted by molar-refractivity contribution is -0.121. The molecule has 4 nitrogen and oxygen atoms in total. The number of hydrogen-bond acceptors (Lipinski definition) is 3. The Labute approximate surface area is 224 Å². The molecule has 4 heteroatoms. The molecule has 38 heavy (non-hydrogen) atoms. The molecule has 0 fully saturated rings. The third-order valence-electron chi connectivity index (χ3n) is 6.02. The molecular weight excluding hydrogens is 470 g/mol. The van der Waals surface area contributed by atoms with Crippen LogP contribution in [-0.2, 0) is 11.2 Å². The summed E-state index contributed by atoms with van der Waals surface area (Å²) in [7, 11) is 0. The van der Waals surface area contributed by atoms with Crippen LogP contribution >= 0.6 is 0 Å². The summed E-state index contributed by atoms with van der Waals surface area (Å²) in [5, 5.41) is 3.02. The Morgan fingerprint density at radius 2 is 1.47 bits per heavy atom. The van der Waals surface area contributed by atoms with E-state index in [1.165, 1.54) is 0 Å². The molecule has 1 unspecified atom stereocenters. The van der Waals surface area contributed by atoms with Crippen molar-refractivity contribution in [2.45, 2.75) is 19.4 Å². The Morgan fingerprint density at radius 3 is 2.21 bits per heavy atom. The average Bonchev–Trinajstić information content (AvgIpc) is 2.95. The Hall–Kier alpha value is -4.70. The fourth-order valence-corrected chi connectivity index (χ4v) is 3.97. The summed E-state index contributed by atoms with van der Waals surface area (Å²) in [6.07, 6.45) is 7.54. The second kappa shape index (κ2) is 13.6. The third-order valence-corrected chi connectivity index (χ3v) is 6.02.